The lowest BCUT2D eigenvalue weighted by atomic mass is 10.0. The molecule has 2 rings (SSSR count). The quantitative estimate of drug-likeness (QED) is 0.669. The highest BCUT2D eigenvalue weighted by Gasteiger charge is 2.37. The molecule has 0 spiro atoms. The normalized spacial score (nSPS) is 20.1. The Hall–Kier alpha value is -1.78. The largest absolute Gasteiger partial charge is 0.355 e. The van der Waals surface area contributed by atoms with Gasteiger partial charge in [-0.05, 0) is 13.8 Å². The molecular weight excluding hydrogens is 218 g/mol. The van der Waals surface area contributed by atoms with Crippen molar-refractivity contribution >= 4 is 11.7 Å². The van der Waals surface area contributed by atoms with Gasteiger partial charge in [-0.2, -0.15) is 0 Å². The Bertz CT molecular complexity index is 462. The number of hydrogen-bond donors (Lipinski definition) is 1. The third-order valence-electron chi connectivity index (χ3n) is 3.52. The summed E-state index contributed by atoms with van der Waals surface area (Å²) in [6, 6.07) is 0. The summed E-state index contributed by atoms with van der Waals surface area (Å²) < 4.78 is 0. The molecule has 5 nitrogen and oxygen atoms in total. The van der Waals surface area contributed by atoms with E-state index in [-0.39, 0.29) is 17.3 Å². The van der Waals surface area contributed by atoms with Gasteiger partial charge in [0.2, 0.25) is 0 Å². The summed E-state index contributed by atoms with van der Waals surface area (Å²) in [6.45, 7) is 4.66. The van der Waals surface area contributed by atoms with E-state index in [1.54, 1.807) is 7.05 Å². The zero-order valence-electron chi connectivity index (χ0n) is 10.6. The molecule has 1 amide bonds. The van der Waals surface area contributed by atoms with E-state index in [0.717, 1.165) is 17.2 Å². The Morgan fingerprint density at radius 3 is 2.53 bits per heavy atom. The fraction of sp³-hybridized carbons (Fsp3) is 0.500. The molecule has 2 heterocycles. The number of likely N-dealkylation sites (N-methyl/N-ethyl adjacent to an activating group) is 1. The van der Waals surface area contributed by atoms with E-state index >= 15 is 0 Å². The van der Waals surface area contributed by atoms with E-state index in [1.807, 2.05) is 30.7 Å². The molecule has 2 aliphatic rings. The molecule has 0 aromatic rings. The van der Waals surface area contributed by atoms with Crippen LogP contribution in [0.2, 0.25) is 0 Å². The molecule has 0 saturated heterocycles. The number of nitrogens with zero attached hydrogens (tertiary/aromatic N) is 2. The Morgan fingerprint density at radius 1 is 1.29 bits per heavy atom. The van der Waals surface area contributed by atoms with Crippen molar-refractivity contribution in [1.29, 1.82) is 0 Å². The minimum Gasteiger partial charge on any atom is -0.355 e. The van der Waals surface area contributed by atoms with E-state index < -0.39 is 0 Å². The van der Waals surface area contributed by atoms with Crippen molar-refractivity contribution in [3.8, 4) is 0 Å². The molecule has 0 bridgehead atoms. The van der Waals surface area contributed by atoms with Crippen molar-refractivity contribution in [2.24, 2.45) is 0 Å². The lowest BCUT2D eigenvalue weighted by molar-refractivity contribution is -0.123. The Morgan fingerprint density at radius 2 is 1.94 bits per heavy atom. The van der Waals surface area contributed by atoms with Crippen molar-refractivity contribution in [2.45, 2.75) is 20.3 Å². The predicted molar refractivity (Wildman–Crippen MR) is 63.6 cm³/mol. The minimum atomic E-state index is -0.302. The molecule has 0 fully saturated rings. The van der Waals surface area contributed by atoms with E-state index in [4.69, 9.17) is 0 Å². The van der Waals surface area contributed by atoms with Crippen LogP contribution in [0.4, 0.5) is 0 Å². The second kappa shape index (κ2) is 3.91. The third kappa shape index (κ3) is 1.53. The highest BCUT2D eigenvalue weighted by atomic mass is 16.2. The van der Waals surface area contributed by atoms with Crippen LogP contribution in [0.5, 0.6) is 0 Å². The molecular formula is C12H17N3O2. The monoisotopic (exact) mass is 235 g/mol. The molecule has 5 heteroatoms. The SMILES string of the molecule is CNC(=O)C1=C2N(C)C(C)=C(C)N2CCC1=O. The van der Waals surface area contributed by atoms with Gasteiger partial charge in [-0.25, -0.2) is 0 Å². The van der Waals surface area contributed by atoms with Crippen LogP contribution in [0, 0.1) is 0 Å². The van der Waals surface area contributed by atoms with Gasteiger partial charge >= 0.3 is 0 Å². The molecule has 0 aromatic carbocycles. The van der Waals surface area contributed by atoms with E-state index in [0.29, 0.717) is 13.0 Å². The molecule has 0 atom stereocenters. The van der Waals surface area contributed by atoms with Gasteiger partial charge in [0.1, 0.15) is 11.4 Å². The van der Waals surface area contributed by atoms with Gasteiger partial charge in [-0.15, -0.1) is 0 Å². The molecule has 0 aromatic heterocycles. The van der Waals surface area contributed by atoms with Crippen LogP contribution in [0.25, 0.3) is 0 Å². The summed E-state index contributed by atoms with van der Waals surface area (Å²) in [5.41, 5.74) is 2.46. The highest BCUT2D eigenvalue weighted by molar-refractivity contribution is 6.20. The molecule has 2 aliphatic heterocycles. The molecule has 17 heavy (non-hydrogen) atoms. The van der Waals surface area contributed by atoms with Gasteiger partial charge in [0.05, 0.1) is 0 Å². The van der Waals surface area contributed by atoms with Gasteiger partial charge in [-0.1, -0.05) is 0 Å². The summed E-state index contributed by atoms with van der Waals surface area (Å²) >= 11 is 0. The lowest BCUT2D eigenvalue weighted by Crippen LogP contribution is -2.38. The molecule has 1 N–H and O–H groups in total. The lowest BCUT2D eigenvalue weighted by Gasteiger charge is -2.30. The van der Waals surface area contributed by atoms with Crippen molar-refractivity contribution < 1.29 is 9.59 Å². The Balaban J connectivity index is 2.57. The van der Waals surface area contributed by atoms with Gasteiger partial charge in [-0.3, -0.25) is 9.59 Å². The van der Waals surface area contributed by atoms with Gasteiger partial charge < -0.3 is 15.1 Å². The van der Waals surface area contributed by atoms with Crippen molar-refractivity contribution in [3.63, 3.8) is 0 Å². The zero-order chi connectivity index (χ0) is 12.7. The van der Waals surface area contributed by atoms with Crippen molar-refractivity contribution in [1.82, 2.24) is 15.1 Å². The van der Waals surface area contributed by atoms with E-state index in [1.165, 1.54) is 0 Å². The fourth-order valence-electron chi connectivity index (χ4n) is 2.33. The summed E-state index contributed by atoms with van der Waals surface area (Å²) in [4.78, 5) is 27.7. The maximum atomic E-state index is 11.9. The number of amides is 1. The maximum Gasteiger partial charge on any atom is 0.258 e. The van der Waals surface area contributed by atoms with E-state index in [2.05, 4.69) is 5.32 Å². The molecule has 0 saturated carbocycles. The van der Waals surface area contributed by atoms with Crippen molar-refractivity contribution in [3.05, 3.63) is 22.8 Å². The summed E-state index contributed by atoms with van der Waals surface area (Å²) in [7, 11) is 3.43. The number of hydrogen-bond acceptors (Lipinski definition) is 4. The van der Waals surface area contributed by atoms with Crippen LogP contribution >= 0.6 is 0 Å². The molecule has 0 unspecified atom stereocenters. The number of rotatable bonds is 1. The second-order valence-electron chi connectivity index (χ2n) is 4.33. The first-order chi connectivity index (χ1) is 7.99. The van der Waals surface area contributed by atoms with Crippen LogP contribution in [0.1, 0.15) is 20.3 Å². The predicted octanol–water partition coefficient (Wildman–Crippen LogP) is 0.416. The molecule has 0 aliphatic carbocycles. The first-order valence-corrected chi connectivity index (χ1v) is 5.67. The number of nitrogens with one attached hydrogen (secondary N) is 1. The van der Waals surface area contributed by atoms with Gasteiger partial charge in [0, 0.05) is 38.5 Å². The topological polar surface area (TPSA) is 52.7 Å². The van der Waals surface area contributed by atoms with Crippen LogP contribution < -0.4 is 5.32 Å². The molecule has 0 radical (unpaired) electrons. The summed E-state index contributed by atoms with van der Waals surface area (Å²) in [6.07, 6.45) is 0.394. The minimum absolute atomic E-state index is 0.0787. The zero-order valence-corrected chi connectivity index (χ0v) is 10.6. The average molecular weight is 235 g/mol. The number of Topliss-reactive ketones (excluding diaryl/α,β-unsaturated/α-hetero) is 1. The number of carbonyl (C=O) groups excluding carboxylic acids is 2. The average Bonchev–Trinajstić information content (AvgIpc) is 2.54. The molecule has 92 valence electrons. The fourth-order valence-corrected chi connectivity index (χ4v) is 2.33. The first-order valence-electron chi connectivity index (χ1n) is 5.67. The second-order valence-corrected chi connectivity index (χ2v) is 4.33. The van der Waals surface area contributed by atoms with Crippen LogP contribution in [0.3, 0.4) is 0 Å². The van der Waals surface area contributed by atoms with Crippen LogP contribution in [-0.2, 0) is 9.59 Å². The van der Waals surface area contributed by atoms with E-state index in [9.17, 15) is 9.59 Å². The third-order valence-corrected chi connectivity index (χ3v) is 3.52. The standard InChI is InChI=1S/C12H17N3O2/c1-7-8(2)15-6-5-9(16)10(11(17)13-3)12(15)14(7)4/h5-6H2,1-4H3,(H,13,17). The summed E-state index contributed by atoms with van der Waals surface area (Å²) in [5.74, 6) is 0.338. The van der Waals surface area contributed by atoms with Crippen molar-refractivity contribution in [2.75, 3.05) is 20.6 Å². The number of carbonyl (C=O) groups is 2. The van der Waals surface area contributed by atoms with Crippen LogP contribution in [0.15, 0.2) is 22.8 Å². The smallest absolute Gasteiger partial charge is 0.258 e. The number of allylic oxidation sites excluding steroid dienone is 2. The maximum absolute atomic E-state index is 11.9. The van der Waals surface area contributed by atoms with Gasteiger partial charge in [0.15, 0.2) is 5.78 Å². The van der Waals surface area contributed by atoms with Crippen LogP contribution in [-0.4, -0.2) is 42.1 Å². The number of ketones is 1. The Kier molecular flexibility index (Phi) is 2.69. The highest BCUT2D eigenvalue weighted by Crippen LogP contribution is 2.35. The Labute approximate surface area is 101 Å². The summed E-state index contributed by atoms with van der Waals surface area (Å²) in [5, 5.41) is 2.54. The van der Waals surface area contributed by atoms with Gasteiger partial charge in [0.25, 0.3) is 5.91 Å². The number of fused-ring (bicyclic) bond motifs is 1. The first kappa shape index (κ1) is 11.7.